The van der Waals surface area contributed by atoms with Gasteiger partial charge in [-0.15, -0.1) is 0 Å². The molecule has 1 N–H and O–H groups in total. The first kappa shape index (κ1) is 13.5. The normalized spacial score (nSPS) is 19.2. The van der Waals surface area contributed by atoms with Crippen LogP contribution in [0.5, 0.6) is 0 Å². The number of piperidine rings is 1. The molecule has 1 aromatic heterocycles. The third-order valence-electron chi connectivity index (χ3n) is 3.49. The summed E-state index contributed by atoms with van der Waals surface area (Å²) in [6.07, 6.45) is 6.76. The summed E-state index contributed by atoms with van der Waals surface area (Å²) < 4.78 is 0. The standard InChI is InChI=1S/C14H18N2O3/c17-13(18)7-6-12-5-1-2-9-16(12)14(19)11-4-3-8-15-10-11/h3-4,8,10,12H,1-2,5-7,9H2,(H,17,18). The Kier molecular flexibility index (Phi) is 4.49. The quantitative estimate of drug-likeness (QED) is 0.900. The molecule has 1 saturated heterocycles. The topological polar surface area (TPSA) is 70.5 Å². The first-order valence-electron chi connectivity index (χ1n) is 6.61. The Hall–Kier alpha value is -1.91. The van der Waals surface area contributed by atoms with E-state index < -0.39 is 5.97 Å². The maximum Gasteiger partial charge on any atom is 0.303 e. The van der Waals surface area contributed by atoms with Crippen molar-refractivity contribution < 1.29 is 14.7 Å². The molecule has 1 aliphatic heterocycles. The van der Waals surface area contributed by atoms with Crippen molar-refractivity contribution in [2.24, 2.45) is 0 Å². The van der Waals surface area contributed by atoms with Crippen molar-refractivity contribution in [3.8, 4) is 0 Å². The van der Waals surface area contributed by atoms with Gasteiger partial charge < -0.3 is 10.0 Å². The molecule has 1 aliphatic rings. The summed E-state index contributed by atoms with van der Waals surface area (Å²) in [5, 5.41) is 8.77. The lowest BCUT2D eigenvalue weighted by atomic mass is 9.97. The van der Waals surface area contributed by atoms with Crippen LogP contribution in [0.1, 0.15) is 42.5 Å². The zero-order valence-corrected chi connectivity index (χ0v) is 10.8. The highest BCUT2D eigenvalue weighted by Crippen LogP contribution is 2.22. The molecule has 5 nitrogen and oxygen atoms in total. The third kappa shape index (κ3) is 3.53. The van der Waals surface area contributed by atoms with Gasteiger partial charge in [0.2, 0.25) is 0 Å². The summed E-state index contributed by atoms with van der Waals surface area (Å²) in [5.41, 5.74) is 0.574. The highest BCUT2D eigenvalue weighted by Gasteiger charge is 2.27. The molecule has 1 unspecified atom stereocenters. The van der Waals surface area contributed by atoms with E-state index in [9.17, 15) is 9.59 Å². The second kappa shape index (κ2) is 6.31. The van der Waals surface area contributed by atoms with Crippen LogP contribution in [0.2, 0.25) is 0 Å². The largest absolute Gasteiger partial charge is 0.481 e. The molecule has 1 amide bonds. The average molecular weight is 262 g/mol. The number of carboxylic acids is 1. The molecule has 5 heteroatoms. The second-order valence-corrected chi connectivity index (χ2v) is 4.82. The first-order valence-corrected chi connectivity index (χ1v) is 6.61. The molecule has 0 aromatic carbocycles. The van der Waals surface area contributed by atoms with Crippen molar-refractivity contribution in [3.05, 3.63) is 30.1 Å². The maximum atomic E-state index is 12.4. The van der Waals surface area contributed by atoms with Gasteiger partial charge in [-0.3, -0.25) is 14.6 Å². The number of carbonyl (C=O) groups excluding carboxylic acids is 1. The van der Waals surface area contributed by atoms with E-state index in [2.05, 4.69) is 4.98 Å². The van der Waals surface area contributed by atoms with Gasteiger partial charge in [0.25, 0.3) is 5.91 Å². The Labute approximate surface area is 112 Å². The number of likely N-dealkylation sites (tertiary alicyclic amines) is 1. The van der Waals surface area contributed by atoms with Gasteiger partial charge in [0.15, 0.2) is 0 Å². The fourth-order valence-electron chi connectivity index (χ4n) is 2.51. The zero-order chi connectivity index (χ0) is 13.7. The summed E-state index contributed by atoms with van der Waals surface area (Å²) in [7, 11) is 0. The number of hydrogen-bond donors (Lipinski definition) is 1. The van der Waals surface area contributed by atoms with E-state index in [0.717, 1.165) is 19.3 Å². The Balaban J connectivity index is 2.06. The third-order valence-corrected chi connectivity index (χ3v) is 3.49. The molecule has 0 spiro atoms. The summed E-state index contributed by atoms with van der Waals surface area (Å²) in [4.78, 5) is 28.8. The van der Waals surface area contributed by atoms with Crippen LogP contribution in [0, 0.1) is 0 Å². The number of carboxylic acid groups (broad SMARTS) is 1. The zero-order valence-electron chi connectivity index (χ0n) is 10.8. The van der Waals surface area contributed by atoms with Crippen molar-refractivity contribution >= 4 is 11.9 Å². The van der Waals surface area contributed by atoms with Crippen LogP contribution in [0.15, 0.2) is 24.5 Å². The number of carbonyl (C=O) groups is 2. The van der Waals surface area contributed by atoms with Gasteiger partial charge in [-0.2, -0.15) is 0 Å². The Morgan fingerprint density at radius 1 is 1.42 bits per heavy atom. The van der Waals surface area contributed by atoms with Gasteiger partial charge in [0.1, 0.15) is 0 Å². The lowest BCUT2D eigenvalue weighted by Gasteiger charge is -2.35. The Morgan fingerprint density at radius 3 is 2.95 bits per heavy atom. The molecule has 0 saturated carbocycles. The van der Waals surface area contributed by atoms with E-state index in [1.54, 1.807) is 24.5 Å². The summed E-state index contributed by atoms with van der Waals surface area (Å²) in [6.45, 7) is 0.706. The van der Waals surface area contributed by atoms with E-state index in [-0.39, 0.29) is 18.4 Å². The van der Waals surface area contributed by atoms with Gasteiger partial charge in [0.05, 0.1) is 5.56 Å². The maximum absolute atomic E-state index is 12.4. The van der Waals surface area contributed by atoms with Crippen LogP contribution >= 0.6 is 0 Å². The first-order chi connectivity index (χ1) is 9.18. The fraction of sp³-hybridized carbons (Fsp3) is 0.500. The van der Waals surface area contributed by atoms with Gasteiger partial charge in [0, 0.05) is 31.4 Å². The monoisotopic (exact) mass is 262 g/mol. The molecule has 1 aromatic rings. The SMILES string of the molecule is O=C(O)CCC1CCCCN1C(=O)c1cccnc1. The van der Waals surface area contributed by atoms with Gasteiger partial charge in [-0.1, -0.05) is 0 Å². The van der Waals surface area contributed by atoms with E-state index in [0.29, 0.717) is 18.5 Å². The predicted octanol–water partition coefficient (Wildman–Crippen LogP) is 1.94. The molecule has 102 valence electrons. The second-order valence-electron chi connectivity index (χ2n) is 4.82. The molecule has 0 bridgehead atoms. The van der Waals surface area contributed by atoms with E-state index >= 15 is 0 Å². The Morgan fingerprint density at radius 2 is 2.26 bits per heavy atom. The van der Waals surface area contributed by atoms with Gasteiger partial charge >= 0.3 is 5.97 Å². The molecule has 2 rings (SSSR count). The van der Waals surface area contributed by atoms with E-state index in [1.807, 2.05) is 4.90 Å². The molecular formula is C14H18N2O3. The fourth-order valence-corrected chi connectivity index (χ4v) is 2.51. The van der Waals surface area contributed by atoms with Crippen LogP contribution < -0.4 is 0 Å². The number of pyridine rings is 1. The number of hydrogen-bond acceptors (Lipinski definition) is 3. The van der Waals surface area contributed by atoms with Crippen molar-refractivity contribution in [1.29, 1.82) is 0 Å². The molecule has 0 radical (unpaired) electrons. The lowest BCUT2D eigenvalue weighted by Crippen LogP contribution is -2.44. The number of nitrogens with zero attached hydrogens (tertiary/aromatic N) is 2. The summed E-state index contributed by atoms with van der Waals surface area (Å²) in [6, 6.07) is 3.53. The van der Waals surface area contributed by atoms with Crippen LogP contribution in [0.4, 0.5) is 0 Å². The minimum atomic E-state index is -0.806. The average Bonchev–Trinajstić information content (AvgIpc) is 2.45. The van der Waals surface area contributed by atoms with Gasteiger partial charge in [-0.25, -0.2) is 0 Å². The van der Waals surface area contributed by atoms with Crippen molar-refractivity contribution in [2.75, 3.05) is 6.54 Å². The van der Waals surface area contributed by atoms with Crippen LogP contribution in [0.25, 0.3) is 0 Å². The van der Waals surface area contributed by atoms with Crippen LogP contribution in [-0.4, -0.2) is 39.5 Å². The molecule has 1 atom stereocenters. The smallest absolute Gasteiger partial charge is 0.303 e. The van der Waals surface area contributed by atoms with Crippen molar-refractivity contribution in [1.82, 2.24) is 9.88 Å². The number of aliphatic carboxylic acids is 1. The molecule has 0 aliphatic carbocycles. The highest BCUT2D eigenvalue weighted by molar-refractivity contribution is 5.94. The predicted molar refractivity (Wildman–Crippen MR) is 69.8 cm³/mol. The van der Waals surface area contributed by atoms with Crippen molar-refractivity contribution in [3.63, 3.8) is 0 Å². The van der Waals surface area contributed by atoms with E-state index in [1.165, 1.54) is 0 Å². The van der Waals surface area contributed by atoms with E-state index in [4.69, 9.17) is 5.11 Å². The molecule has 19 heavy (non-hydrogen) atoms. The minimum Gasteiger partial charge on any atom is -0.481 e. The summed E-state index contributed by atoms with van der Waals surface area (Å²) >= 11 is 0. The Bertz CT molecular complexity index is 447. The lowest BCUT2D eigenvalue weighted by molar-refractivity contribution is -0.137. The van der Waals surface area contributed by atoms with Crippen molar-refractivity contribution in [2.45, 2.75) is 38.1 Å². The molecule has 2 heterocycles. The molecular weight excluding hydrogens is 244 g/mol. The van der Waals surface area contributed by atoms with Crippen LogP contribution in [-0.2, 0) is 4.79 Å². The molecule has 1 fully saturated rings. The summed E-state index contributed by atoms with van der Waals surface area (Å²) in [5.74, 6) is -0.845. The number of amides is 1. The number of rotatable bonds is 4. The highest BCUT2D eigenvalue weighted by atomic mass is 16.4. The number of aromatic nitrogens is 1. The van der Waals surface area contributed by atoms with Gasteiger partial charge in [-0.05, 0) is 37.8 Å². The van der Waals surface area contributed by atoms with Crippen LogP contribution in [0.3, 0.4) is 0 Å². The minimum absolute atomic E-state index is 0.0387.